The van der Waals surface area contributed by atoms with E-state index < -0.39 is 0 Å². The van der Waals surface area contributed by atoms with Gasteiger partial charge in [-0.3, -0.25) is 4.79 Å². The van der Waals surface area contributed by atoms with E-state index in [1.165, 1.54) is 0 Å². The van der Waals surface area contributed by atoms with Crippen LogP contribution in [-0.2, 0) is 16.1 Å². The number of nitrogens with zero attached hydrogens (tertiary/aromatic N) is 2. The Balaban J connectivity index is 0.00000364. The van der Waals surface area contributed by atoms with Gasteiger partial charge in [0, 0.05) is 19.6 Å². The molecule has 0 aliphatic carbocycles. The van der Waals surface area contributed by atoms with Gasteiger partial charge in [0.15, 0.2) is 5.96 Å². The fourth-order valence-electron chi connectivity index (χ4n) is 3.22. The number of ether oxygens (including phenoxy) is 2. The molecule has 1 aromatic carbocycles. The van der Waals surface area contributed by atoms with Crippen molar-refractivity contribution in [1.82, 2.24) is 10.2 Å². The van der Waals surface area contributed by atoms with Crippen LogP contribution < -0.4 is 10.1 Å². The van der Waals surface area contributed by atoms with Crippen molar-refractivity contribution >= 4 is 35.9 Å². The summed E-state index contributed by atoms with van der Waals surface area (Å²) in [6.07, 6.45) is 1.62. The molecular weight excluding hydrogens is 457 g/mol. The lowest BCUT2D eigenvalue weighted by atomic mass is 9.97. The van der Waals surface area contributed by atoms with Crippen molar-refractivity contribution in [2.75, 3.05) is 33.4 Å². The van der Waals surface area contributed by atoms with Crippen molar-refractivity contribution in [1.29, 1.82) is 0 Å². The molecule has 0 amide bonds. The van der Waals surface area contributed by atoms with E-state index in [4.69, 9.17) is 14.5 Å². The average molecular weight is 489 g/mol. The van der Waals surface area contributed by atoms with Crippen LogP contribution in [-0.4, -0.2) is 50.2 Å². The molecule has 7 heteroatoms. The fraction of sp³-hybridized carbons (Fsp3) is 0.600. The number of nitrogens with one attached hydrogen (secondary N) is 1. The number of halogens is 1. The molecular formula is C20H32IN3O3. The van der Waals surface area contributed by atoms with Crippen molar-refractivity contribution < 1.29 is 14.3 Å². The highest BCUT2D eigenvalue weighted by Gasteiger charge is 2.27. The van der Waals surface area contributed by atoms with E-state index in [0.29, 0.717) is 13.2 Å². The first-order valence-electron chi connectivity index (χ1n) is 9.42. The van der Waals surface area contributed by atoms with Crippen molar-refractivity contribution in [3.8, 4) is 5.75 Å². The van der Waals surface area contributed by atoms with E-state index in [0.717, 1.165) is 55.3 Å². The third kappa shape index (κ3) is 6.86. The van der Waals surface area contributed by atoms with Crippen molar-refractivity contribution in [2.24, 2.45) is 10.9 Å². The maximum absolute atomic E-state index is 11.9. The lowest BCUT2D eigenvalue weighted by molar-refractivity contribution is -0.149. The minimum atomic E-state index is -0.0669. The zero-order chi connectivity index (χ0) is 18.9. The van der Waals surface area contributed by atoms with Crippen LogP contribution in [0.3, 0.4) is 0 Å². The van der Waals surface area contributed by atoms with Crippen molar-refractivity contribution in [3.63, 3.8) is 0 Å². The average Bonchev–Trinajstić information content (AvgIpc) is 2.65. The molecule has 0 radical (unpaired) electrons. The summed E-state index contributed by atoms with van der Waals surface area (Å²) >= 11 is 0. The van der Waals surface area contributed by atoms with Crippen LogP contribution in [0, 0.1) is 12.8 Å². The van der Waals surface area contributed by atoms with Crippen LogP contribution >= 0.6 is 24.0 Å². The summed E-state index contributed by atoms with van der Waals surface area (Å²) in [5.41, 5.74) is 2.26. The van der Waals surface area contributed by atoms with Crippen LogP contribution in [0.4, 0.5) is 0 Å². The van der Waals surface area contributed by atoms with Gasteiger partial charge in [0.2, 0.25) is 0 Å². The number of benzene rings is 1. The number of piperidine rings is 1. The number of methoxy groups -OCH3 is 1. The Labute approximate surface area is 179 Å². The molecule has 2 rings (SSSR count). The van der Waals surface area contributed by atoms with Gasteiger partial charge in [-0.25, -0.2) is 4.99 Å². The molecule has 1 fully saturated rings. The second kappa shape index (κ2) is 12.0. The Kier molecular flexibility index (Phi) is 10.5. The normalized spacial score (nSPS) is 15.1. The summed E-state index contributed by atoms with van der Waals surface area (Å²) in [5.74, 6) is 1.75. The maximum atomic E-state index is 11.9. The zero-order valence-corrected chi connectivity index (χ0v) is 19.1. The molecule has 27 heavy (non-hydrogen) atoms. The topological polar surface area (TPSA) is 63.2 Å². The van der Waals surface area contributed by atoms with Crippen LogP contribution in [0.25, 0.3) is 0 Å². The van der Waals surface area contributed by atoms with E-state index in [1.807, 2.05) is 26.0 Å². The molecule has 1 aliphatic rings. The number of carbonyl (C=O) groups is 1. The second-order valence-corrected chi connectivity index (χ2v) is 6.49. The summed E-state index contributed by atoms with van der Waals surface area (Å²) in [6.45, 7) is 9.47. The predicted molar refractivity (Wildman–Crippen MR) is 119 cm³/mol. The smallest absolute Gasteiger partial charge is 0.309 e. The summed E-state index contributed by atoms with van der Waals surface area (Å²) in [4.78, 5) is 18.9. The zero-order valence-electron chi connectivity index (χ0n) is 16.8. The predicted octanol–water partition coefficient (Wildman–Crippen LogP) is 3.36. The molecule has 0 spiro atoms. The summed E-state index contributed by atoms with van der Waals surface area (Å²) in [6, 6.07) is 6.14. The Bertz CT molecular complexity index is 629. The van der Waals surface area contributed by atoms with Gasteiger partial charge in [-0.1, -0.05) is 12.1 Å². The van der Waals surface area contributed by atoms with E-state index in [1.54, 1.807) is 7.11 Å². The van der Waals surface area contributed by atoms with Crippen molar-refractivity contribution in [2.45, 2.75) is 40.2 Å². The molecule has 0 aromatic heterocycles. The number of carbonyl (C=O) groups excluding carboxylic acids is 1. The molecule has 0 bridgehead atoms. The highest BCUT2D eigenvalue weighted by molar-refractivity contribution is 14.0. The molecule has 1 saturated heterocycles. The first kappa shape index (κ1) is 23.5. The Hall–Kier alpha value is -1.51. The third-order valence-electron chi connectivity index (χ3n) is 4.62. The highest BCUT2D eigenvalue weighted by atomic mass is 127. The number of rotatable bonds is 6. The van der Waals surface area contributed by atoms with Crippen LogP contribution in [0.2, 0.25) is 0 Å². The van der Waals surface area contributed by atoms with Gasteiger partial charge in [-0.05, 0) is 50.8 Å². The number of guanidine groups is 1. The number of hydrogen-bond acceptors (Lipinski definition) is 4. The fourth-order valence-corrected chi connectivity index (χ4v) is 3.22. The monoisotopic (exact) mass is 489 g/mol. The molecule has 1 heterocycles. The van der Waals surface area contributed by atoms with Gasteiger partial charge < -0.3 is 19.7 Å². The van der Waals surface area contributed by atoms with Crippen LogP contribution in [0.5, 0.6) is 5.75 Å². The lowest BCUT2D eigenvalue weighted by Gasteiger charge is -2.33. The Morgan fingerprint density at radius 2 is 2.00 bits per heavy atom. The summed E-state index contributed by atoms with van der Waals surface area (Å²) in [7, 11) is 1.68. The molecule has 1 aliphatic heterocycles. The Morgan fingerprint density at radius 1 is 1.30 bits per heavy atom. The Morgan fingerprint density at radius 3 is 2.56 bits per heavy atom. The van der Waals surface area contributed by atoms with Gasteiger partial charge in [-0.15, -0.1) is 24.0 Å². The molecule has 6 nitrogen and oxygen atoms in total. The van der Waals surface area contributed by atoms with Crippen LogP contribution in [0.1, 0.15) is 37.8 Å². The van der Waals surface area contributed by atoms with E-state index >= 15 is 0 Å². The number of aryl methyl sites for hydroxylation is 1. The minimum absolute atomic E-state index is 0. The number of likely N-dealkylation sites (tertiary alicyclic amines) is 1. The molecule has 1 aromatic rings. The van der Waals surface area contributed by atoms with E-state index in [-0.39, 0.29) is 35.9 Å². The number of esters is 1. The van der Waals surface area contributed by atoms with E-state index in [2.05, 4.69) is 23.2 Å². The number of aliphatic imine (C=N–C) groups is 1. The van der Waals surface area contributed by atoms with Gasteiger partial charge in [-0.2, -0.15) is 0 Å². The lowest BCUT2D eigenvalue weighted by Crippen LogP contribution is -2.46. The quantitative estimate of drug-likeness (QED) is 0.288. The maximum Gasteiger partial charge on any atom is 0.309 e. The molecule has 1 N–H and O–H groups in total. The van der Waals surface area contributed by atoms with Gasteiger partial charge in [0.25, 0.3) is 0 Å². The third-order valence-corrected chi connectivity index (χ3v) is 4.62. The SMILES string of the molecule is CCNC(=NCc1ccc(OC)c(C)c1)N1CCC(C(=O)OCC)CC1.I. The van der Waals surface area contributed by atoms with Gasteiger partial charge in [0.1, 0.15) is 5.75 Å². The minimum Gasteiger partial charge on any atom is -0.496 e. The van der Waals surface area contributed by atoms with Crippen LogP contribution in [0.15, 0.2) is 23.2 Å². The van der Waals surface area contributed by atoms with Gasteiger partial charge >= 0.3 is 5.97 Å². The molecule has 0 saturated carbocycles. The second-order valence-electron chi connectivity index (χ2n) is 6.49. The highest BCUT2D eigenvalue weighted by Crippen LogP contribution is 2.20. The van der Waals surface area contributed by atoms with Gasteiger partial charge in [0.05, 0.1) is 26.2 Å². The summed E-state index contributed by atoms with van der Waals surface area (Å²) in [5, 5.41) is 3.36. The standard InChI is InChI=1S/C20H31N3O3.HI/c1-5-21-20(22-14-16-7-8-18(25-4)15(3)13-16)23-11-9-17(10-12-23)19(24)26-6-2;/h7-8,13,17H,5-6,9-12,14H2,1-4H3,(H,21,22);1H. The first-order valence-corrected chi connectivity index (χ1v) is 9.42. The molecule has 0 unspecified atom stereocenters. The summed E-state index contributed by atoms with van der Waals surface area (Å²) < 4.78 is 10.5. The molecule has 152 valence electrons. The largest absolute Gasteiger partial charge is 0.496 e. The van der Waals surface area contributed by atoms with Crippen molar-refractivity contribution in [3.05, 3.63) is 29.3 Å². The first-order chi connectivity index (χ1) is 12.6. The molecule has 0 atom stereocenters. The van der Waals surface area contributed by atoms with E-state index in [9.17, 15) is 4.79 Å². The number of hydrogen-bond donors (Lipinski definition) is 1.